The molecule has 1 aromatic carbocycles. The second-order valence-corrected chi connectivity index (χ2v) is 7.94. The Bertz CT molecular complexity index is 870. The molecular weight excluding hydrogens is 358 g/mol. The van der Waals surface area contributed by atoms with Crippen LogP contribution < -0.4 is 0 Å². The first-order valence-electron chi connectivity index (χ1n) is 9.25. The smallest absolute Gasteiger partial charge is 0.410 e. The number of imide groups is 1. The zero-order chi connectivity index (χ0) is 20.5. The van der Waals surface area contributed by atoms with Crippen LogP contribution in [-0.2, 0) is 4.74 Å². The molecule has 0 N–H and O–H groups in total. The lowest BCUT2D eigenvalue weighted by molar-refractivity contribution is 0.0245. The Hall–Kier alpha value is -3.14. The maximum Gasteiger partial charge on any atom is 0.410 e. The van der Waals surface area contributed by atoms with E-state index in [0.29, 0.717) is 36.1 Å². The average Bonchev–Trinajstić information content (AvgIpc) is 2.89. The van der Waals surface area contributed by atoms with Gasteiger partial charge < -0.3 is 9.64 Å². The molecule has 2 aliphatic rings. The van der Waals surface area contributed by atoms with Gasteiger partial charge in [-0.1, -0.05) is 12.1 Å². The molecule has 0 spiro atoms. The van der Waals surface area contributed by atoms with E-state index < -0.39 is 23.5 Å². The van der Waals surface area contributed by atoms with E-state index in [0.717, 1.165) is 10.5 Å². The van der Waals surface area contributed by atoms with Gasteiger partial charge in [0, 0.05) is 13.1 Å². The summed E-state index contributed by atoms with van der Waals surface area (Å²) in [6.45, 7) is 6.13. The summed E-state index contributed by atoms with van der Waals surface area (Å²) in [6.07, 6.45) is 0.912. The molecule has 3 amide bonds. The molecular formula is C21H23N3O4. The van der Waals surface area contributed by atoms with Crippen molar-refractivity contribution in [2.75, 3.05) is 19.6 Å². The summed E-state index contributed by atoms with van der Waals surface area (Å²) in [5.74, 6) is -0.789. The van der Waals surface area contributed by atoms with E-state index in [1.807, 2.05) is 0 Å². The van der Waals surface area contributed by atoms with Gasteiger partial charge in [-0.25, -0.2) is 4.79 Å². The van der Waals surface area contributed by atoms with E-state index in [-0.39, 0.29) is 13.1 Å². The lowest BCUT2D eigenvalue weighted by Crippen LogP contribution is -2.41. The first-order chi connectivity index (χ1) is 13.2. The van der Waals surface area contributed by atoms with Crippen molar-refractivity contribution in [1.82, 2.24) is 9.80 Å². The summed E-state index contributed by atoms with van der Waals surface area (Å²) < 4.78 is 5.41. The number of carbonyl (C=O) groups excluding carboxylic acids is 3. The molecule has 0 unspecified atom stereocenters. The van der Waals surface area contributed by atoms with Gasteiger partial charge in [-0.15, -0.1) is 0 Å². The number of hydrogen-bond acceptors (Lipinski definition) is 5. The standard InChI is InChI=1S/C21H23N3O4/c1-21(2,3)28-20(27)23-10-6-7-14(12-23)15(11-22)13-24-18(25)16-8-4-5-9-17(16)19(24)26/h4-5,8-9H,6-7,10,12-13H2,1-3H3/b15-14+. The Morgan fingerprint density at radius 3 is 2.32 bits per heavy atom. The molecule has 7 heteroatoms. The van der Waals surface area contributed by atoms with Crippen molar-refractivity contribution in [2.45, 2.75) is 39.2 Å². The molecule has 0 aliphatic carbocycles. The van der Waals surface area contributed by atoms with E-state index in [4.69, 9.17) is 4.74 Å². The number of likely N-dealkylation sites (tertiary alicyclic amines) is 1. The van der Waals surface area contributed by atoms with Crippen LogP contribution in [-0.4, -0.2) is 52.9 Å². The lowest BCUT2D eigenvalue weighted by atomic mass is 9.99. The lowest BCUT2D eigenvalue weighted by Gasteiger charge is -2.32. The van der Waals surface area contributed by atoms with E-state index in [2.05, 4.69) is 6.07 Å². The van der Waals surface area contributed by atoms with E-state index in [1.165, 1.54) is 0 Å². The van der Waals surface area contributed by atoms with Crippen LogP contribution in [0.1, 0.15) is 54.3 Å². The predicted molar refractivity (Wildman–Crippen MR) is 101 cm³/mol. The minimum atomic E-state index is -0.601. The zero-order valence-electron chi connectivity index (χ0n) is 16.3. The molecule has 0 atom stereocenters. The predicted octanol–water partition coefficient (Wildman–Crippen LogP) is 3.13. The van der Waals surface area contributed by atoms with Crippen LogP contribution in [0, 0.1) is 11.3 Å². The van der Waals surface area contributed by atoms with Gasteiger partial charge in [-0.2, -0.15) is 5.26 Å². The minimum Gasteiger partial charge on any atom is -0.444 e. The molecule has 1 aromatic rings. The number of amides is 3. The van der Waals surface area contributed by atoms with Crippen LogP contribution in [0.3, 0.4) is 0 Å². The molecule has 2 heterocycles. The third-order valence-corrected chi connectivity index (χ3v) is 4.70. The van der Waals surface area contributed by atoms with Crippen LogP contribution in [0.2, 0.25) is 0 Å². The van der Waals surface area contributed by atoms with Gasteiger partial charge in [0.25, 0.3) is 11.8 Å². The number of nitrogens with zero attached hydrogens (tertiary/aromatic N) is 3. The van der Waals surface area contributed by atoms with Crippen molar-refractivity contribution in [3.8, 4) is 6.07 Å². The van der Waals surface area contributed by atoms with Crippen LogP contribution in [0.15, 0.2) is 35.4 Å². The van der Waals surface area contributed by atoms with Gasteiger partial charge in [0.15, 0.2) is 0 Å². The van der Waals surface area contributed by atoms with E-state index in [1.54, 1.807) is 49.9 Å². The average molecular weight is 381 g/mol. The largest absolute Gasteiger partial charge is 0.444 e. The fourth-order valence-corrected chi connectivity index (χ4v) is 3.37. The van der Waals surface area contributed by atoms with Crippen LogP contribution in [0.25, 0.3) is 0 Å². The topological polar surface area (TPSA) is 90.7 Å². The monoisotopic (exact) mass is 381 g/mol. The molecule has 3 rings (SSSR count). The highest BCUT2D eigenvalue weighted by molar-refractivity contribution is 6.21. The van der Waals surface area contributed by atoms with Crippen molar-refractivity contribution >= 4 is 17.9 Å². The number of piperidine rings is 1. The molecule has 0 aromatic heterocycles. The van der Waals surface area contributed by atoms with Crippen molar-refractivity contribution in [2.24, 2.45) is 0 Å². The van der Waals surface area contributed by atoms with Crippen LogP contribution in [0.4, 0.5) is 4.79 Å². The highest BCUT2D eigenvalue weighted by Gasteiger charge is 2.36. The van der Waals surface area contributed by atoms with Crippen molar-refractivity contribution < 1.29 is 19.1 Å². The molecule has 0 saturated carbocycles. The van der Waals surface area contributed by atoms with Crippen molar-refractivity contribution in [1.29, 1.82) is 5.26 Å². The van der Waals surface area contributed by atoms with Gasteiger partial charge in [0.2, 0.25) is 0 Å². The van der Waals surface area contributed by atoms with Gasteiger partial charge in [-0.3, -0.25) is 14.5 Å². The summed E-state index contributed by atoms with van der Waals surface area (Å²) in [7, 11) is 0. The second-order valence-electron chi connectivity index (χ2n) is 7.94. The van der Waals surface area contributed by atoms with Gasteiger partial charge in [0.1, 0.15) is 5.60 Å². The van der Waals surface area contributed by atoms with Gasteiger partial charge in [0.05, 0.1) is 29.3 Å². The highest BCUT2D eigenvalue weighted by Crippen LogP contribution is 2.26. The van der Waals surface area contributed by atoms with Crippen LogP contribution in [0.5, 0.6) is 0 Å². The maximum absolute atomic E-state index is 12.6. The zero-order valence-corrected chi connectivity index (χ0v) is 16.3. The normalized spacial score (nSPS) is 18.6. The summed E-state index contributed by atoms with van der Waals surface area (Å²) in [6, 6.07) is 8.76. The Labute approximate surface area is 164 Å². The summed E-state index contributed by atoms with van der Waals surface area (Å²) in [5, 5.41) is 9.65. The molecule has 28 heavy (non-hydrogen) atoms. The van der Waals surface area contributed by atoms with Crippen LogP contribution >= 0.6 is 0 Å². The van der Waals surface area contributed by atoms with Gasteiger partial charge >= 0.3 is 6.09 Å². The molecule has 1 fully saturated rings. The summed E-state index contributed by atoms with van der Waals surface area (Å²) in [4.78, 5) is 40.1. The first-order valence-corrected chi connectivity index (χ1v) is 9.25. The Morgan fingerprint density at radius 1 is 1.18 bits per heavy atom. The Balaban J connectivity index is 1.78. The molecule has 2 aliphatic heterocycles. The number of rotatable bonds is 2. The number of carbonyl (C=O) groups is 3. The molecule has 0 radical (unpaired) electrons. The molecule has 146 valence electrons. The van der Waals surface area contributed by atoms with Crippen molar-refractivity contribution in [3.63, 3.8) is 0 Å². The number of fused-ring (bicyclic) bond motifs is 1. The fraction of sp³-hybridized carbons (Fsp3) is 0.429. The molecule has 0 bridgehead atoms. The number of nitriles is 1. The quantitative estimate of drug-likeness (QED) is 0.580. The Morgan fingerprint density at radius 2 is 1.79 bits per heavy atom. The SMILES string of the molecule is CC(C)(C)OC(=O)N1CCC/C(=C(/C#N)CN2C(=O)c3ccccc3C2=O)C1. The van der Waals surface area contributed by atoms with E-state index >= 15 is 0 Å². The summed E-state index contributed by atoms with van der Waals surface area (Å²) >= 11 is 0. The molecule has 7 nitrogen and oxygen atoms in total. The van der Waals surface area contributed by atoms with E-state index in [9.17, 15) is 19.6 Å². The maximum atomic E-state index is 12.6. The number of hydrogen-bond donors (Lipinski definition) is 0. The third-order valence-electron chi connectivity index (χ3n) is 4.70. The second kappa shape index (κ2) is 7.47. The number of ether oxygens (including phenoxy) is 1. The first kappa shape index (κ1) is 19.6. The third kappa shape index (κ3) is 3.91. The summed E-state index contributed by atoms with van der Waals surface area (Å²) in [5.41, 5.74) is 1.22. The number of benzene rings is 1. The van der Waals surface area contributed by atoms with Gasteiger partial charge in [-0.05, 0) is 51.3 Å². The fourth-order valence-electron chi connectivity index (χ4n) is 3.37. The van der Waals surface area contributed by atoms with Crippen molar-refractivity contribution in [3.05, 3.63) is 46.5 Å². The highest BCUT2D eigenvalue weighted by atomic mass is 16.6. The minimum absolute atomic E-state index is 0.0830. The Kier molecular flexibility index (Phi) is 5.23. The molecule has 1 saturated heterocycles.